The Morgan fingerprint density at radius 1 is 1.17 bits per heavy atom. The zero-order valence-corrected chi connectivity index (χ0v) is 21.2. The van der Waals surface area contributed by atoms with E-state index in [9.17, 15) is 9.59 Å². The number of hydrogen-bond donors (Lipinski definition) is 2. The van der Waals surface area contributed by atoms with Gasteiger partial charge in [0.25, 0.3) is 0 Å². The van der Waals surface area contributed by atoms with Crippen molar-refractivity contribution < 1.29 is 19.1 Å². The maximum atomic E-state index is 13.2. The molecule has 188 valence electrons. The summed E-state index contributed by atoms with van der Waals surface area (Å²) in [6, 6.07) is 0. The molecular weight excluding hydrogens is 440 g/mol. The molecule has 6 nitrogen and oxygen atoms in total. The molecule has 0 aromatic rings. The number of Topliss-reactive ketones (excluding diaryl/α,β-unsaturated/α-hetero) is 1. The number of nitrogens with two attached hydrogens (primary N) is 1. The van der Waals surface area contributed by atoms with Crippen molar-refractivity contribution in [1.82, 2.24) is 5.32 Å². The van der Waals surface area contributed by atoms with Gasteiger partial charge in [-0.05, 0) is 55.7 Å². The van der Waals surface area contributed by atoms with Gasteiger partial charge in [0.15, 0.2) is 5.78 Å². The quantitative estimate of drug-likeness (QED) is 0.268. The Bertz CT molecular complexity index is 1040. The van der Waals surface area contributed by atoms with Crippen LogP contribution in [0.15, 0.2) is 81.8 Å². The van der Waals surface area contributed by atoms with Crippen LogP contribution < -0.4 is 11.1 Å². The van der Waals surface area contributed by atoms with Crippen LogP contribution in [0.1, 0.15) is 52.9 Å². The summed E-state index contributed by atoms with van der Waals surface area (Å²) in [4.78, 5) is 25.7. The van der Waals surface area contributed by atoms with Crippen LogP contribution in [0.2, 0.25) is 0 Å². The Morgan fingerprint density at radius 2 is 1.94 bits per heavy atom. The standard InChI is InChI=1S/C29H38N2O4/c1-4-35-29(33)25(18-24-11-7-10-22-8-5-6-9-23(16-22)17-24)27(19-34-13-12-30)31-26-14-20(2)15-28(32)21(26)3/h5-6,8-11,17,20,31H,4,7,12-16,18-19,30H2,1-3H3/b22-10-,23-17-,24-11?,27-25+. The third kappa shape index (κ3) is 7.77. The topological polar surface area (TPSA) is 90.7 Å². The van der Waals surface area contributed by atoms with E-state index in [4.69, 9.17) is 15.2 Å². The summed E-state index contributed by atoms with van der Waals surface area (Å²) < 4.78 is 11.2. The highest BCUT2D eigenvalue weighted by Gasteiger charge is 2.25. The van der Waals surface area contributed by atoms with Gasteiger partial charge in [-0.3, -0.25) is 4.79 Å². The van der Waals surface area contributed by atoms with E-state index in [0.29, 0.717) is 42.8 Å². The van der Waals surface area contributed by atoms with Gasteiger partial charge in [-0.2, -0.15) is 0 Å². The van der Waals surface area contributed by atoms with Crippen LogP contribution in [0, 0.1) is 5.92 Å². The van der Waals surface area contributed by atoms with Gasteiger partial charge in [0.05, 0.1) is 31.1 Å². The average Bonchev–Trinajstić information content (AvgIpc) is 3.05. The van der Waals surface area contributed by atoms with E-state index in [2.05, 4.69) is 48.7 Å². The van der Waals surface area contributed by atoms with Gasteiger partial charge in [0, 0.05) is 30.7 Å². The van der Waals surface area contributed by atoms with Crippen LogP contribution in [0.3, 0.4) is 0 Å². The smallest absolute Gasteiger partial charge is 0.336 e. The SMILES string of the molecule is CCOC(=O)/C(CC1=CC/C=C2/C=CC=C/C(=C/1)C2)=C(\COCCN)NC1=C(C)C(=O)CC(C)C1. The minimum atomic E-state index is -0.379. The highest BCUT2D eigenvalue weighted by Crippen LogP contribution is 2.29. The molecule has 0 spiro atoms. The Balaban J connectivity index is 2.00. The number of fused-ring (bicyclic) bond motifs is 2. The molecule has 0 saturated carbocycles. The summed E-state index contributed by atoms with van der Waals surface area (Å²) in [7, 11) is 0. The Labute approximate surface area is 209 Å². The van der Waals surface area contributed by atoms with Crippen molar-refractivity contribution in [3.63, 3.8) is 0 Å². The van der Waals surface area contributed by atoms with Crippen molar-refractivity contribution in [2.45, 2.75) is 52.9 Å². The molecule has 3 rings (SSSR count). The summed E-state index contributed by atoms with van der Waals surface area (Å²) in [5.41, 5.74) is 11.9. The number of hydrogen-bond acceptors (Lipinski definition) is 6. The molecular formula is C29H38N2O4. The number of ketones is 1. The molecule has 0 fully saturated rings. The highest BCUT2D eigenvalue weighted by atomic mass is 16.5. The number of ether oxygens (including phenoxy) is 2. The van der Waals surface area contributed by atoms with Gasteiger partial charge < -0.3 is 20.5 Å². The number of carbonyl (C=O) groups excluding carboxylic acids is 2. The summed E-state index contributed by atoms with van der Waals surface area (Å²) >= 11 is 0. The third-order valence-corrected chi connectivity index (χ3v) is 6.31. The molecule has 6 heteroatoms. The van der Waals surface area contributed by atoms with Crippen molar-refractivity contribution >= 4 is 11.8 Å². The monoisotopic (exact) mass is 478 g/mol. The van der Waals surface area contributed by atoms with E-state index in [-0.39, 0.29) is 30.9 Å². The lowest BCUT2D eigenvalue weighted by Gasteiger charge is -2.26. The molecule has 0 saturated heterocycles. The van der Waals surface area contributed by atoms with Crippen LogP contribution in [-0.2, 0) is 19.1 Å². The van der Waals surface area contributed by atoms with Gasteiger partial charge in [-0.15, -0.1) is 0 Å². The fraction of sp³-hybridized carbons (Fsp3) is 0.448. The Kier molecular flexibility index (Phi) is 10.1. The first-order chi connectivity index (χ1) is 16.9. The predicted molar refractivity (Wildman–Crippen MR) is 139 cm³/mol. The largest absolute Gasteiger partial charge is 0.463 e. The van der Waals surface area contributed by atoms with Crippen LogP contribution in [0.4, 0.5) is 0 Å². The van der Waals surface area contributed by atoms with Crippen molar-refractivity contribution in [3.05, 3.63) is 81.8 Å². The minimum Gasteiger partial charge on any atom is -0.463 e. The van der Waals surface area contributed by atoms with Gasteiger partial charge in [0.2, 0.25) is 0 Å². The van der Waals surface area contributed by atoms with Gasteiger partial charge in [0.1, 0.15) is 0 Å². The minimum absolute atomic E-state index is 0.134. The molecule has 0 aromatic heterocycles. The van der Waals surface area contributed by atoms with E-state index in [1.807, 2.05) is 13.0 Å². The first-order valence-corrected chi connectivity index (χ1v) is 12.5. The van der Waals surface area contributed by atoms with Crippen molar-refractivity contribution in [3.8, 4) is 0 Å². The van der Waals surface area contributed by atoms with E-state index in [1.165, 1.54) is 11.1 Å². The molecule has 1 unspecified atom stereocenters. The lowest BCUT2D eigenvalue weighted by molar-refractivity contribution is -0.138. The maximum Gasteiger partial charge on any atom is 0.336 e. The second kappa shape index (κ2) is 13.2. The fourth-order valence-corrected chi connectivity index (χ4v) is 4.45. The van der Waals surface area contributed by atoms with E-state index in [1.54, 1.807) is 6.92 Å². The maximum absolute atomic E-state index is 13.2. The van der Waals surface area contributed by atoms with E-state index in [0.717, 1.165) is 30.5 Å². The number of nitrogens with one attached hydrogen (secondary N) is 1. The van der Waals surface area contributed by atoms with Crippen molar-refractivity contribution in [2.24, 2.45) is 11.7 Å². The highest BCUT2D eigenvalue weighted by molar-refractivity contribution is 5.96. The normalized spacial score (nSPS) is 23.7. The van der Waals surface area contributed by atoms with E-state index < -0.39 is 0 Å². The van der Waals surface area contributed by atoms with Crippen molar-refractivity contribution in [2.75, 3.05) is 26.4 Å². The summed E-state index contributed by atoms with van der Waals surface area (Å²) in [6.07, 6.45) is 18.2. The van der Waals surface area contributed by atoms with Crippen LogP contribution >= 0.6 is 0 Å². The van der Waals surface area contributed by atoms with Gasteiger partial charge in [-0.1, -0.05) is 49.5 Å². The Morgan fingerprint density at radius 3 is 2.69 bits per heavy atom. The number of allylic oxidation sites excluding steroid dienone is 12. The molecule has 35 heavy (non-hydrogen) atoms. The molecule has 0 amide bonds. The molecule has 3 N–H and O–H groups in total. The zero-order chi connectivity index (χ0) is 25.2. The first-order valence-electron chi connectivity index (χ1n) is 12.5. The molecule has 0 aromatic carbocycles. The van der Waals surface area contributed by atoms with Crippen LogP contribution in [0.5, 0.6) is 0 Å². The zero-order valence-electron chi connectivity index (χ0n) is 21.2. The Hall–Kier alpha value is -2.96. The third-order valence-electron chi connectivity index (χ3n) is 6.31. The molecule has 0 radical (unpaired) electrons. The molecule has 3 aliphatic rings. The molecule has 1 atom stereocenters. The molecule has 0 heterocycles. The molecule has 3 aliphatic carbocycles. The average molecular weight is 479 g/mol. The lowest BCUT2D eigenvalue weighted by atomic mass is 9.87. The van der Waals surface area contributed by atoms with Crippen molar-refractivity contribution in [1.29, 1.82) is 0 Å². The lowest BCUT2D eigenvalue weighted by Crippen LogP contribution is -2.29. The van der Waals surface area contributed by atoms with Gasteiger partial charge in [-0.25, -0.2) is 4.79 Å². The predicted octanol–water partition coefficient (Wildman–Crippen LogP) is 4.73. The fourth-order valence-electron chi connectivity index (χ4n) is 4.45. The number of esters is 1. The second-order valence-electron chi connectivity index (χ2n) is 9.27. The summed E-state index contributed by atoms with van der Waals surface area (Å²) in [5, 5.41) is 3.42. The second-order valence-corrected chi connectivity index (χ2v) is 9.27. The molecule has 2 bridgehead atoms. The summed E-state index contributed by atoms with van der Waals surface area (Å²) in [5.74, 6) is -0.00829. The van der Waals surface area contributed by atoms with Gasteiger partial charge >= 0.3 is 5.97 Å². The van der Waals surface area contributed by atoms with E-state index >= 15 is 0 Å². The summed E-state index contributed by atoms with van der Waals surface area (Å²) in [6.45, 7) is 6.92. The number of carbonyl (C=O) groups is 2. The molecule has 0 aliphatic heterocycles. The van der Waals surface area contributed by atoms with Crippen LogP contribution in [-0.4, -0.2) is 38.1 Å². The number of rotatable bonds is 10. The first kappa shape index (κ1) is 26.6. The van der Waals surface area contributed by atoms with Crippen LogP contribution in [0.25, 0.3) is 0 Å².